The van der Waals surface area contributed by atoms with Crippen LogP contribution in [0.15, 0.2) is 41.1 Å². The van der Waals surface area contributed by atoms with E-state index in [9.17, 15) is 9.18 Å². The summed E-state index contributed by atoms with van der Waals surface area (Å²) in [5.74, 6) is 0.762. The lowest BCUT2D eigenvalue weighted by Gasteiger charge is -2.31. The molecule has 0 unspecified atom stereocenters. The summed E-state index contributed by atoms with van der Waals surface area (Å²) in [6.07, 6.45) is 2.00. The number of thiophene rings is 1. The van der Waals surface area contributed by atoms with Gasteiger partial charge in [-0.05, 0) is 65.4 Å². The summed E-state index contributed by atoms with van der Waals surface area (Å²) in [5.41, 5.74) is 1.39. The first-order valence-corrected chi connectivity index (χ1v) is 8.35. The lowest BCUT2D eigenvalue weighted by molar-refractivity contribution is -0.134. The van der Waals surface area contributed by atoms with E-state index < -0.39 is 0 Å². The Morgan fingerprint density at radius 1 is 1.23 bits per heavy atom. The van der Waals surface area contributed by atoms with E-state index in [1.165, 1.54) is 29.8 Å². The van der Waals surface area contributed by atoms with Crippen molar-refractivity contribution in [3.05, 3.63) is 52.5 Å². The summed E-state index contributed by atoms with van der Waals surface area (Å²) in [7, 11) is 0. The summed E-state index contributed by atoms with van der Waals surface area (Å²) in [6.45, 7) is 1.55. The average Bonchev–Trinajstić information content (AvgIpc) is 3.09. The standard InChI is InChI=1S/C17H18FNO2S/c18-15-1-3-16(4-2-15)21-11-17(20)19-8-5-13(6-9-19)14-7-10-22-12-14/h1-4,7,10,12-13H,5-6,8-9,11H2. The quantitative estimate of drug-likeness (QED) is 0.860. The number of likely N-dealkylation sites (tertiary alicyclic amines) is 1. The van der Waals surface area contributed by atoms with Crippen molar-refractivity contribution in [1.82, 2.24) is 4.90 Å². The number of nitrogens with zero attached hydrogens (tertiary/aromatic N) is 1. The van der Waals surface area contributed by atoms with Gasteiger partial charge in [0.25, 0.3) is 5.91 Å². The Balaban J connectivity index is 1.46. The summed E-state index contributed by atoms with van der Waals surface area (Å²) < 4.78 is 18.2. The van der Waals surface area contributed by atoms with Crippen LogP contribution in [0.2, 0.25) is 0 Å². The second kappa shape index (κ2) is 6.92. The van der Waals surface area contributed by atoms with Gasteiger partial charge >= 0.3 is 0 Å². The van der Waals surface area contributed by atoms with E-state index in [4.69, 9.17) is 4.74 Å². The molecular formula is C17H18FNO2S. The largest absolute Gasteiger partial charge is 0.484 e. The third-order valence-electron chi connectivity index (χ3n) is 4.04. The molecule has 0 bridgehead atoms. The first-order valence-electron chi connectivity index (χ1n) is 7.40. The van der Waals surface area contributed by atoms with Crippen LogP contribution in [0.1, 0.15) is 24.3 Å². The Morgan fingerprint density at radius 2 is 1.95 bits per heavy atom. The van der Waals surface area contributed by atoms with E-state index in [0.717, 1.165) is 25.9 Å². The zero-order valence-corrected chi connectivity index (χ0v) is 13.0. The molecule has 5 heteroatoms. The van der Waals surface area contributed by atoms with Gasteiger partial charge in [-0.1, -0.05) is 0 Å². The number of carbonyl (C=O) groups excluding carboxylic acids is 1. The van der Waals surface area contributed by atoms with Crippen molar-refractivity contribution >= 4 is 17.2 Å². The topological polar surface area (TPSA) is 29.5 Å². The van der Waals surface area contributed by atoms with Crippen LogP contribution in [0.25, 0.3) is 0 Å². The maximum atomic E-state index is 12.8. The molecule has 22 heavy (non-hydrogen) atoms. The van der Waals surface area contributed by atoms with Crippen LogP contribution in [0, 0.1) is 5.82 Å². The Labute approximate surface area is 133 Å². The molecule has 1 amide bonds. The van der Waals surface area contributed by atoms with Gasteiger partial charge in [-0.2, -0.15) is 11.3 Å². The van der Waals surface area contributed by atoms with Crippen LogP contribution in [-0.4, -0.2) is 30.5 Å². The van der Waals surface area contributed by atoms with Gasteiger partial charge < -0.3 is 9.64 Å². The molecule has 0 atom stereocenters. The van der Waals surface area contributed by atoms with Crippen molar-refractivity contribution in [3.63, 3.8) is 0 Å². The van der Waals surface area contributed by atoms with Crippen LogP contribution >= 0.6 is 11.3 Å². The lowest BCUT2D eigenvalue weighted by atomic mass is 9.91. The van der Waals surface area contributed by atoms with Gasteiger partial charge in [-0.15, -0.1) is 0 Å². The number of amides is 1. The van der Waals surface area contributed by atoms with Gasteiger partial charge in [-0.25, -0.2) is 4.39 Å². The Hall–Kier alpha value is -1.88. The van der Waals surface area contributed by atoms with Gasteiger partial charge in [0.2, 0.25) is 0 Å². The minimum Gasteiger partial charge on any atom is -0.484 e. The van der Waals surface area contributed by atoms with Crippen LogP contribution in [-0.2, 0) is 4.79 Å². The van der Waals surface area contributed by atoms with E-state index in [1.807, 2.05) is 4.90 Å². The van der Waals surface area contributed by atoms with Gasteiger partial charge in [0.15, 0.2) is 6.61 Å². The molecule has 0 spiro atoms. The number of rotatable bonds is 4. The molecule has 1 aliphatic rings. The Morgan fingerprint density at radius 3 is 2.59 bits per heavy atom. The average molecular weight is 319 g/mol. The second-order valence-corrected chi connectivity index (χ2v) is 6.23. The molecule has 1 aromatic carbocycles. The van der Waals surface area contributed by atoms with Crippen molar-refractivity contribution in [2.45, 2.75) is 18.8 Å². The first kappa shape index (κ1) is 15.0. The predicted octanol–water partition coefficient (Wildman–Crippen LogP) is 3.67. The maximum absolute atomic E-state index is 12.8. The number of benzene rings is 1. The molecule has 1 aromatic heterocycles. The molecule has 2 aromatic rings. The van der Waals surface area contributed by atoms with Gasteiger partial charge in [0.1, 0.15) is 11.6 Å². The highest BCUT2D eigenvalue weighted by atomic mass is 32.1. The Kier molecular flexibility index (Phi) is 4.73. The van der Waals surface area contributed by atoms with Crippen molar-refractivity contribution in [1.29, 1.82) is 0 Å². The van der Waals surface area contributed by atoms with E-state index in [0.29, 0.717) is 11.7 Å². The van der Waals surface area contributed by atoms with E-state index in [1.54, 1.807) is 11.3 Å². The number of hydrogen-bond acceptors (Lipinski definition) is 3. The van der Waals surface area contributed by atoms with E-state index in [2.05, 4.69) is 16.8 Å². The van der Waals surface area contributed by atoms with Crippen molar-refractivity contribution in [3.8, 4) is 5.75 Å². The molecule has 3 rings (SSSR count). The lowest BCUT2D eigenvalue weighted by Crippen LogP contribution is -2.40. The molecule has 1 aliphatic heterocycles. The fourth-order valence-corrected chi connectivity index (χ4v) is 3.48. The Bertz CT molecular complexity index is 604. The highest BCUT2D eigenvalue weighted by Crippen LogP contribution is 2.29. The molecule has 1 fully saturated rings. The van der Waals surface area contributed by atoms with Crippen LogP contribution in [0.5, 0.6) is 5.75 Å². The molecule has 0 N–H and O–H groups in total. The number of halogens is 1. The molecule has 2 heterocycles. The molecule has 116 valence electrons. The molecule has 1 saturated heterocycles. The summed E-state index contributed by atoms with van der Waals surface area (Å²) in [5, 5.41) is 4.29. The molecule has 0 saturated carbocycles. The molecule has 3 nitrogen and oxygen atoms in total. The van der Waals surface area contributed by atoms with Crippen LogP contribution < -0.4 is 4.74 Å². The third-order valence-corrected chi connectivity index (χ3v) is 4.74. The zero-order chi connectivity index (χ0) is 15.4. The molecule has 0 aliphatic carbocycles. The minimum absolute atomic E-state index is 0.00639. The number of piperidine rings is 1. The summed E-state index contributed by atoms with van der Waals surface area (Å²) in [6, 6.07) is 7.89. The highest BCUT2D eigenvalue weighted by Gasteiger charge is 2.24. The van der Waals surface area contributed by atoms with Crippen LogP contribution in [0.4, 0.5) is 4.39 Å². The van der Waals surface area contributed by atoms with Crippen molar-refractivity contribution < 1.29 is 13.9 Å². The fraction of sp³-hybridized carbons (Fsp3) is 0.353. The third kappa shape index (κ3) is 3.65. The number of ether oxygens (including phenoxy) is 1. The molecule has 0 radical (unpaired) electrons. The van der Waals surface area contributed by atoms with Crippen molar-refractivity contribution in [2.75, 3.05) is 19.7 Å². The number of carbonyl (C=O) groups is 1. The normalized spacial score (nSPS) is 15.8. The van der Waals surface area contributed by atoms with Crippen molar-refractivity contribution in [2.24, 2.45) is 0 Å². The predicted molar refractivity (Wildman–Crippen MR) is 84.8 cm³/mol. The fourth-order valence-electron chi connectivity index (χ4n) is 2.74. The van der Waals surface area contributed by atoms with E-state index in [-0.39, 0.29) is 18.3 Å². The van der Waals surface area contributed by atoms with Crippen LogP contribution in [0.3, 0.4) is 0 Å². The highest BCUT2D eigenvalue weighted by molar-refractivity contribution is 7.07. The minimum atomic E-state index is -0.311. The monoisotopic (exact) mass is 319 g/mol. The summed E-state index contributed by atoms with van der Waals surface area (Å²) in [4.78, 5) is 14.0. The smallest absolute Gasteiger partial charge is 0.260 e. The van der Waals surface area contributed by atoms with E-state index >= 15 is 0 Å². The van der Waals surface area contributed by atoms with Gasteiger partial charge in [0, 0.05) is 13.1 Å². The first-order chi connectivity index (χ1) is 10.7. The number of hydrogen-bond donors (Lipinski definition) is 0. The zero-order valence-electron chi connectivity index (χ0n) is 12.2. The molecular weight excluding hydrogens is 301 g/mol. The second-order valence-electron chi connectivity index (χ2n) is 5.45. The van der Waals surface area contributed by atoms with Gasteiger partial charge in [0.05, 0.1) is 0 Å². The SMILES string of the molecule is O=C(COc1ccc(F)cc1)N1CCC(c2ccsc2)CC1. The maximum Gasteiger partial charge on any atom is 0.260 e. The van der Waals surface area contributed by atoms with Gasteiger partial charge in [-0.3, -0.25) is 4.79 Å². The summed E-state index contributed by atoms with van der Waals surface area (Å²) >= 11 is 1.72.